The van der Waals surface area contributed by atoms with E-state index in [2.05, 4.69) is 15.6 Å². The highest BCUT2D eigenvalue weighted by atomic mass is 32.1. The third kappa shape index (κ3) is 3.25. The SMILES string of the molecule is Cn1ccc2cc(NC(=O)Nc3cccc(-c4cncs4)c3)ccc21. The summed E-state index contributed by atoms with van der Waals surface area (Å²) < 4.78 is 2.05. The lowest BCUT2D eigenvalue weighted by Crippen LogP contribution is -2.19. The summed E-state index contributed by atoms with van der Waals surface area (Å²) in [7, 11) is 2.00. The zero-order chi connectivity index (χ0) is 17.2. The second-order valence-corrected chi connectivity index (χ2v) is 6.61. The normalized spacial score (nSPS) is 10.8. The molecular weight excluding hydrogens is 332 g/mol. The van der Waals surface area contributed by atoms with Gasteiger partial charge in [-0.05, 0) is 42.0 Å². The summed E-state index contributed by atoms with van der Waals surface area (Å²) in [5.41, 5.74) is 5.45. The number of anilines is 2. The van der Waals surface area contributed by atoms with Crippen LogP contribution in [0.3, 0.4) is 0 Å². The average Bonchev–Trinajstić information content (AvgIpc) is 3.25. The molecule has 0 bridgehead atoms. The minimum atomic E-state index is -0.267. The molecule has 4 rings (SSSR count). The highest BCUT2D eigenvalue weighted by Crippen LogP contribution is 2.26. The van der Waals surface area contributed by atoms with Gasteiger partial charge in [-0.1, -0.05) is 12.1 Å². The first-order valence-corrected chi connectivity index (χ1v) is 8.69. The fraction of sp³-hybridized carbons (Fsp3) is 0.0526. The molecule has 0 aliphatic rings. The average molecular weight is 348 g/mol. The van der Waals surface area contributed by atoms with Gasteiger partial charge in [-0.25, -0.2) is 4.79 Å². The Morgan fingerprint density at radius 1 is 1.08 bits per heavy atom. The number of nitrogens with zero attached hydrogens (tertiary/aromatic N) is 2. The molecule has 124 valence electrons. The molecule has 0 unspecified atom stereocenters. The molecule has 5 nitrogen and oxygen atoms in total. The van der Waals surface area contributed by atoms with Crippen LogP contribution in [0.4, 0.5) is 16.2 Å². The molecule has 6 heteroatoms. The number of nitrogens with one attached hydrogen (secondary N) is 2. The number of urea groups is 1. The van der Waals surface area contributed by atoms with Crippen LogP contribution in [-0.2, 0) is 7.05 Å². The van der Waals surface area contributed by atoms with Crippen LogP contribution in [0.15, 0.2) is 66.4 Å². The molecule has 0 spiro atoms. The van der Waals surface area contributed by atoms with Gasteiger partial charge in [0.2, 0.25) is 0 Å². The van der Waals surface area contributed by atoms with Gasteiger partial charge in [0.25, 0.3) is 0 Å². The molecule has 0 aliphatic carbocycles. The Hall–Kier alpha value is -3.12. The molecule has 4 aromatic rings. The van der Waals surface area contributed by atoms with Crippen molar-refractivity contribution in [3.05, 3.63) is 66.4 Å². The Balaban J connectivity index is 1.49. The highest BCUT2D eigenvalue weighted by Gasteiger charge is 2.06. The van der Waals surface area contributed by atoms with E-state index in [4.69, 9.17) is 0 Å². The Kier molecular flexibility index (Phi) is 3.95. The van der Waals surface area contributed by atoms with Gasteiger partial charge < -0.3 is 15.2 Å². The van der Waals surface area contributed by atoms with E-state index in [1.165, 1.54) is 0 Å². The molecule has 0 radical (unpaired) electrons. The minimum Gasteiger partial charge on any atom is -0.351 e. The molecule has 0 saturated carbocycles. The lowest BCUT2D eigenvalue weighted by Gasteiger charge is -2.09. The molecule has 2 amide bonds. The first kappa shape index (κ1) is 15.4. The van der Waals surface area contributed by atoms with Crippen LogP contribution in [0.2, 0.25) is 0 Å². The third-order valence-electron chi connectivity index (χ3n) is 3.98. The monoisotopic (exact) mass is 348 g/mol. The van der Waals surface area contributed by atoms with E-state index in [0.717, 1.165) is 32.7 Å². The number of amides is 2. The van der Waals surface area contributed by atoms with E-state index in [1.807, 2.05) is 72.5 Å². The maximum Gasteiger partial charge on any atom is 0.323 e. The van der Waals surface area contributed by atoms with Crippen LogP contribution in [-0.4, -0.2) is 15.6 Å². The van der Waals surface area contributed by atoms with E-state index in [9.17, 15) is 4.79 Å². The molecule has 2 N–H and O–H groups in total. The zero-order valence-electron chi connectivity index (χ0n) is 13.6. The first-order valence-electron chi connectivity index (χ1n) is 7.81. The van der Waals surface area contributed by atoms with Gasteiger partial charge in [-0.15, -0.1) is 11.3 Å². The third-order valence-corrected chi connectivity index (χ3v) is 4.80. The summed E-state index contributed by atoms with van der Waals surface area (Å²) >= 11 is 1.57. The van der Waals surface area contributed by atoms with Crippen molar-refractivity contribution in [3.8, 4) is 10.4 Å². The van der Waals surface area contributed by atoms with Crippen molar-refractivity contribution in [2.75, 3.05) is 10.6 Å². The first-order chi connectivity index (χ1) is 12.2. The number of carbonyl (C=O) groups is 1. The second kappa shape index (κ2) is 6.41. The minimum absolute atomic E-state index is 0.267. The maximum atomic E-state index is 12.3. The van der Waals surface area contributed by atoms with Crippen LogP contribution in [0.5, 0.6) is 0 Å². The van der Waals surface area contributed by atoms with Crippen LogP contribution in [0.1, 0.15) is 0 Å². The molecule has 0 atom stereocenters. The molecule has 25 heavy (non-hydrogen) atoms. The number of hydrogen-bond donors (Lipinski definition) is 2. The van der Waals surface area contributed by atoms with Gasteiger partial charge in [-0.3, -0.25) is 4.98 Å². The number of aromatic nitrogens is 2. The summed E-state index contributed by atoms with van der Waals surface area (Å²) in [4.78, 5) is 17.4. The Morgan fingerprint density at radius 3 is 2.72 bits per heavy atom. The van der Waals surface area contributed by atoms with Crippen molar-refractivity contribution in [2.45, 2.75) is 0 Å². The highest BCUT2D eigenvalue weighted by molar-refractivity contribution is 7.13. The number of fused-ring (bicyclic) bond motifs is 1. The summed E-state index contributed by atoms with van der Waals surface area (Å²) in [5, 5.41) is 6.84. The number of benzene rings is 2. The molecule has 0 saturated heterocycles. The molecule has 2 aromatic heterocycles. The Labute approximate surface area is 148 Å². The van der Waals surface area contributed by atoms with Crippen molar-refractivity contribution in [3.63, 3.8) is 0 Å². The molecular formula is C19H16N4OS. The van der Waals surface area contributed by atoms with Crippen LogP contribution >= 0.6 is 11.3 Å². The number of thiazole rings is 1. The molecule has 2 heterocycles. The van der Waals surface area contributed by atoms with Crippen molar-refractivity contribution in [2.24, 2.45) is 7.05 Å². The van der Waals surface area contributed by atoms with Crippen molar-refractivity contribution < 1.29 is 4.79 Å². The second-order valence-electron chi connectivity index (χ2n) is 5.73. The maximum absolute atomic E-state index is 12.3. The van der Waals surface area contributed by atoms with Gasteiger partial charge >= 0.3 is 6.03 Å². The van der Waals surface area contributed by atoms with Crippen LogP contribution in [0, 0.1) is 0 Å². The largest absolute Gasteiger partial charge is 0.351 e. The van der Waals surface area contributed by atoms with Crippen LogP contribution < -0.4 is 10.6 Å². The number of hydrogen-bond acceptors (Lipinski definition) is 3. The van der Waals surface area contributed by atoms with Crippen LogP contribution in [0.25, 0.3) is 21.3 Å². The Morgan fingerprint density at radius 2 is 1.92 bits per heavy atom. The lowest BCUT2D eigenvalue weighted by molar-refractivity contribution is 0.262. The van der Waals surface area contributed by atoms with Gasteiger partial charge in [0, 0.05) is 41.7 Å². The van der Waals surface area contributed by atoms with Crippen molar-refractivity contribution in [1.82, 2.24) is 9.55 Å². The van der Waals surface area contributed by atoms with E-state index in [1.54, 1.807) is 16.8 Å². The Bertz CT molecular complexity index is 1040. The zero-order valence-corrected chi connectivity index (χ0v) is 14.4. The predicted octanol–water partition coefficient (Wildman–Crippen LogP) is 4.95. The molecule has 0 aliphatic heterocycles. The predicted molar refractivity (Wildman–Crippen MR) is 103 cm³/mol. The number of carbonyl (C=O) groups excluding carboxylic acids is 1. The van der Waals surface area contributed by atoms with Gasteiger partial charge in [0.05, 0.1) is 10.4 Å². The van der Waals surface area contributed by atoms with E-state index in [0.29, 0.717) is 0 Å². The summed E-state index contributed by atoms with van der Waals surface area (Å²) in [5.74, 6) is 0. The van der Waals surface area contributed by atoms with Gasteiger partial charge in [-0.2, -0.15) is 0 Å². The number of rotatable bonds is 3. The van der Waals surface area contributed by atoms with E-state index in [-0.39, 0.29) is 6.03 Å². The van der Waals surface area contributed by atoms with Gasteiger partial charge in [0.15, 0.2) is 0 Å². The van der Waals surface area contributed by atoms with Gasteiger partial charge in [0.1, 0.15) is 0 Å². The van der Waals surface area contributed by atoms with E-state index >= 15 is 0 Å². The fourth-order valence-electron chi connectivity index (χ4n) is 2.76. The smallest absolute Gasteiger partial charge is 0.323 e. The van der Waals surface area contributed by atoms with Crippen molar-refractivity contribution >= 4 is 39.6 Å². The van der Waals surface area contributed by atoms with E-state index < -0.39 is 0 Å². The molecule has 0 fully saturated rings. The molecule has 2 aromatic carbocycles. The quantitative estimate of drug-likeness (QED) is 0.550. The number of aryl methyl sites for hydroxylation is 1. The summed E-state index contributed by atoms with van der Waals surface area (Å²) in [6.07, 6.45) is 3.82. The fourth-order valence-corrected chi connectivity index (χ4v) is 3.38. The summed E-state index contributed by atoms with van der Waals surface area (Å²) in [6, 6.07) is 15.3. The lowest BCUT2D eigenvalue weighted by atomic mass is 10.2. The van der Waals surface area contributed by atoms with Crippen molar-refractivity contribution in [1.29, 1.82) is 0 Å². The topological polar surface area (TPSA) is 59.0 Å². The standard InChI is InChI=1S/C19H16N4OS/c1-23-8-7-13-9-16(5-6-17(13)23)22-19(24)21-15-4-2-3-14(10-15)18-11-20-12-25-18/h2-12H,1H3,(H2,21,22,24). The summed E-state index contributed by atoms with van der Waals surface area (Å²) in [6.45, 7) is 0.